The molecule has 0 aliphatic heterocycles. The minimum absolute atomic E-state index is 0.0923. The SMILES string of the molecule is COc1ccc(C)cc1NC(=O)c1cccn(Cc2ccccc2C)c1=O. The van der Waals surface area contributed by atoms with E-state index in [-0.39, 0.29) is 11.1 Å². The van der Waals surface area contributed by atoms with E-state index in [0.717, 1.165) is 16.7 Å². The molecule has 138 valence electrons. The predicted molar refractivity (Wildman–Crippen MR) is 107 cm³/mol. The Labute approximate surface area is 158 Å². The van der Waals surface area contributed by atoms with Crippen molar-refractivity contribution >= 4 is 11.6 Å². The van der Waals surface area contributed by atoms with Crippen molar-refractivity contribution in [3.63, 3.8) is 0 Å². The summed E-state index contributed by atoms with van der Waals surface area (Å²) >= 11 is 0. The van der Waals surface area contributed by atoms with Crippen molar-refractivity contribution in [2.45, 2.75) is 20.4 Å². The van der Waals surface area contributed by atoms with E-state index in [1.165, 1.54) is 13.2 Å². The molecule has 2 aromatic carbocycles. The number of pyridine rings is 1. The Hall–Kier alpha value is -3.34. The zero-order valence-electron chi connectivity index (χ0n) is 15.7. The van der Waals surface area contributed by atoms with Gasteiger partial charge in [0.15, 0.2) is 0 Å². The molecule has 27 heavy (non-hydrogen) atoms. The molecule has 1 heterocycles. The van der Waals surface area contributed by atoms with Crippen LogP contribution in [0.3, 0.4) is 0 Å². The third-order valence-corrected chi connectivity index (χ3v) is 4.47. The molecule has 3 aromatic rings. The topological polar surface area (TPSA) is 60.3 Å². The zero-order valence-corrected chi connectivity index (χ0v) is 15.7. The molecule has 0 radical (unpaired) electrons. The number of rotatable bonds is 5. The first-order valence-corrected chi connectivity index (χ1v) is 8.69. The normalized spacial score (nSPS) is 10.5. The molecule has 1 amide bonds. The van der Waals surface area contributed by atoms with Gasteiger partial charge in [-0.2, -0.15) is 0 Å². The Morgan fingerprint density at radius 2 is 1.85 bits per heavy atom. The van der Waals surface area contributed by atoms with Gasteiger partial charge in [-0.1, -0.05) is 30.3 Å². The number of ether oxygens (including phenoxy) is 1. The van der Waals surface area contributed by atoms with E-state index < -0.39 is 5.91 Å². The summed E-state index contributed by atoms with van der Waals surface area (Å²) in [5, 5.41) is 2.78. The zero-order chi connectivity index (χ0) is 19.4. The second-order valence-corrected chi connectivity index (χ2v) is 6.44. The van der Waals surface area contributed by atoms with Crippen molar-refractivity contribution in [1.82, 2.24) is 4.57 Å². The van der Waals surface area contributed by atoms with E-state index in [0.29, 0.717) is 18.0 Å². The molecular weight excluding hydrogens is 340 g/mol. The second-order valence-electron chi connectivity index (χ2n) is 6.44. The van der Waals surface area contributed by atoms with Crippen molar-refractivity contribution in [2.75, 3.05) is 12.4 Å². The number of amides is 1. The van der Waals surface area contributed by atoms with E-state index in [2.05, 4.69) is 5.32 Å². The Bertz CT molecular complexity index is 1040. The summed E-state index contributed by atoms with van der Waals surface area (Å²) in [6.45, 7) is 4.34. The number of nitrogens with zero attached hydrogens (tertiary/aromatic N) is 1. The van der Waals surface area contributed by atoms with Crippen LogP contribution in [0.4, 0.5) is 5.69 Å². The predicted octanol–water partition coefficient (Wildman–Crippen LogP) is 3.77. The number of hydrogen-bond donors (Lipinski definition) is 1. The molecule has 5 nitrogen and oxygen atoms in total. The Kier molecular flexibility index (Phi) is 5.41. The molecule has 0 atom stereocenters. The summed E-state index contributed by atoms with van der Waals surface area (Å²) in [6, 6.07) is 16.6. The highest BCUT2D eigenvalue weighted by Gasteiger charge is 2.15. The van der Waals surface area contributed by atoms with Gasteiger partial charge in [0, 0.05) is 6.20 Å². The highest BCUT2D eigenvalue weighted by Crippen LogP contribution is 2.25. The lowest BCUT2D eigenvalue weighted by Gasteiger charge is -2.12. The van der Waals surface area contributed by atoms with Crippen LogP contribution < -0.4 is 15.6 Å². The Balaban J connectivity index is 1.90. The summed E-state index contributed by atoms with van der Waals surface area (Å²) in [7, 11) is 1.54. The number of carbonyl (C=O) groups is 1. The van der Waals surface area contributed by atoms with Crippen molar-refractivity contribution < 1.29 is 9.53 Å². The maximum atomic E-state index is 12.8. The third-order valence-electron chi connectivity index (χ3n) is 4.47. The Morgan fingerprint density at radius 1 is 1.07 bits per heavy atom. The van der Waals surface area contributed by atoms with Gasteiger partial charge in [-0.05, 0) is 54.8 Å². The van der Waals surface area contributed by atoms with Gasteiger partial charge in [0.1, 0.15) is 11.3 Å². The van der Waals surface area contributed by atoms with Gasteiger partial charge >= 0.3 is 0 Å². The van der Waals surface area contributed by atoms with Crippen molar-refractivity contribution in [3.8, 4) is 5.75 Å². The smallest absolute Gasteiger partial charge is 0.263 e. The third kappa shape index (κ3) is 4.08. The van der Waals surface area contributed by atoms with Crippen LogP contribution in [0.25, 0.3) is 0 Å². The molecule has 0 unspecified atom stereocenters. The van der Waals surface area contributed by atoms with Gasteiger partial charge in [0.05, 0.1) is 19.3 Å². The number of methoxy groups -OCH3 is 1. The minimum atomic E-state index is -0.456. The number of benzene rings is 2. The lowest BCUT2D eigenvalue weighted by atomic mass is 10.1. The number of aromatic nitrogens is 1. The molecule has 1 N–H and O–H groups in total. The van der Waals surface area contributed by atoms with E-state index >= 15 is 0 Å². The largest absolute Gasteiger partial charge is 0.495 e. The van der Waals surface area contributed by atoms with Gasteiger partial charge < -0.3 is 14.6 Å². The average Bonchev–Trinajstić information content (AvgIpc) is 2.65. The van der Waals surface area contributed by atoms with Gasteiger partial charge in [-0.15, -0.1) is 0 Å². The van der Waals surface area contributed by atoms with Crippen LogP contribution in [-0.2, 0) is 6.54 Å². The standard InChI is InChI=1S/C22H22N2O3/c1-15-10-11-20(27-3)19(13-15)23-21(25)18-9-6-12-24(22(18)26)14-17-8-5-4-7-16(17)2/h4-13H,14H2,1-3H3,(H,23,25). The van der Waals surface area contributed by atoms with E-state index in [1.807, 2.05) is 50.2 Å². The van der Waals surface area contributed by atoms with E-state index in [9.17, 15) is 9.59 Å². The highest BCUT2D eigenvalue weighted by atomic mass is 16.5. The molecule has 0 fully saturated rings. The van der Waals surface area contributed by atoms with Gasteiger partial charge in [-0.3, -0.25) is 9.59 Å². The first-order chi connectivity index (χ1) is 13.0. The fourth-order valence-electron chi connectivity index (χ4n) is 2.91. The number of nitrogens with one attached hydrogen (secondary N) is 1. The number of hydrogen-bond acceptors (Lipinski definition) is 3. The van der Waals surface area contributed by atoms with Crippen LogP contribution >= 0.6 is 0 Å². The maximum absolute atomic E-state index is 12.8. The van der Waals surface area contributed by atoms with E-state index in [4.69, 9.17) is 4.74 Å². The molecule has 0 saturated carbocycles. The maximum Gasteiger partial charge on any atom is 0.263 e. The molecule has 0 aliphatic rings. The van der Waals surface area contributed by atoms with Crippen LogP contribution in [0.15, 0.2) is 65.6 Å². The van der Waals surface area contributed by atoms with Crippen LogP contribution in [0.2, 0.25) is 0 Å². The first kappa shape index (κ1) is 18.5. The van der Waals surface area contributed by atoms with Crippen molar-refractivity contribution in [2.24, 2.45) is 0 Å². The van der Waals surface area contributed by atoms with Crippen LogP contribution in [-0.4, -0.2) is 17.6 Å². The van der Waals surface area contributed by atoms with Gasteiger partial charge in [-0.25, -0.2) is 0 Å². The number of anilines is 1. The summed E-state index contributed by atoms with van der Waals surface area (Å²) in [4.78, 5) is 25.5. The summed E-state index contributed by atoms with van der Waals surface area (Å²) in [6.07, 6.45) is 1.69. The van der Waals surface area contributed by atoms with Crippen molar-refractivity contribution in [1.29, 1.82) is 0 Å². The quantitative estimate of drug-likeness (QED) is 0.751. The molecule has 0 aliphatic carbocycles. The highest BCUT2D eigenvalue weighted by molar-refractivity contribution is 6.04. The number of aryl methyl sites for hydroxylation is 2. The van der Waals surface area contributed by atoms with Crippen LogP contribution in [0, 0.1) is 13.8 Å². The average molecular weight is 362 g/mol. The lowest BCUT2D eigenvalue weighted by Crippen LogP contribution is -2.29. The second kappa shape index (κ2) is 7.91. The van der Waals surface area contributed by atoms with Crippen molar-refractivity contribution in [3.05, 3.63) is 93.4 Å². The van der Waals surface area contributed by atoms with E-state index in [1.54, 1.807) is 22.9 Å². The van der Waals surface area contributed by atoms with Crippen LogP contribution in [0.1, 0.15) is 27.0 Å². The molecule has 5 heteroatoms. The molecule has 0 bridgehead atoms. The molecular formula is C22H22N2O3. The minimum Gasteiger partial charge on any atom is -0.495 e. The molecule has 0 spiro atoms. The summed E-state index contributed by atoms with van der Waals surface area (Å²) < 4.78 is 6.83. The fraction of sp³-hybridized carbons (Fsp3) is 0.182. The lowest BCUT2D eigenvalue weighted by molar-refractivity contribution is 0.102. The first-order valence-electron chi connectivity index (χ1n) is 8.69. The summed E-state index contributed by atoms with van der Waals surface area (Å²) in [5.41, 5.74) is 3.42. The Morgan fingerprint density at radius 3 is 2.59 bits per heavy atom. The summed E-state index contributed by atoms with van der Waals surface area (Å²) in [5.74, 6) is 0.0909. The molecule has 0 saturated heterocycles. The van der Waals surface area contributed by atoms with Gasteiger partial charge in [0.25, 0.3) is 11.5 Å². The monoisotopic (exact) mass is 362 g/mol. The van der Waals surface area contributed by atoms with Gasteiger partial charge in [0.2, 0.25) is 0 Å². The number of carbonyl (C=O) groups excluding carboxylic acids is 1. The molecule has 1 aromatic heterocycles. The van der Waals surface area contributed by atoms with Crippen LogP contribution in [0.5, 0.6) is 5.75 Å². The fourth-order valence-corrected chi connectivity index (χ4v) is 2.91. The molecule has 3 rings (SSSR count).